The Morgan fingerprint density at radius 1 is 1.00 bits per heavy atom. The highest BCUT2D eigenvalue weighted by Crippen LogP contribution is 2.29. The summed E-state index contributed by atoms with van der Waals surface area (Å²) in [7, 11) is 0. The monoisotopic (exact) mass is 274 g/mol. The molecule has 0 spiro atoms. The van der Waals surface area contributed by atoms with Crippen LogP contribution in [0.4, 0.5) is 0 Å². The van der Waals surface area contributed by atoms with Crippen LogP contribution in [0.5, 0.6) is 0 Å². The molecule has 0 aromatic rings. The van der Waals surface area contributed by atoms with Gasteiger partial charge in [0.15, 0.2) is 0 Å². The summed E-state index contributed by atoms with van der Waals surface area (Å²) in [6.07, 6.45) is 10.2. The Morgan fingerprint density at radius 2 is 1.53 bits per heavy atom. The predicted molar refractivity (Wildman–Crippen MR) is 75.2 cm³/mol. The third kappa shape index (κ3) is 7.88. The lowest BCUT2D eigenvalue weighted by Crippen LogP contribution is -2.26. The zero-order chi connectivity index (χ0) is 14.1. The quantitative estimate of drug-likeness (QED) is 0.780. The summed E-state index contributed by atoms with van der Waals surface area (Å²) < 4.78 is 10.8. The molecule has 0 aliphatic heterocycles. The van der Waals surface area contributed by atoms with Crippen LogP contribution in [0.2, 0.25) is 0 Å². The second-order valence-electron chi connectivity index (χ2n) is 5.77. The Morgan fingerprint density at radius 3 is 1.89 bits per heavy atom. The first-order valence-corrected chi connectivity index (χ1v) is 7.67. The minimum absolute atomic E-state index is 0.00667. The Balaban J connectivity index is 0.000000192. The van der Waals surface area contributed by atoms with Crippen LogP contribution in [0.1, 0.15) is 58.8 Å². The van der Waals surface area contributed by atoms with E-state index < -0.39 is 6.10 Å². The van der Waals surface area contributed by atoms with E-state index in [1.54, 1.807) is 13.8 Å². The molecular formula is C15H30O4. The second-order valence-corrected chi connectivity index (χ2v) is 5.77. The van der Waals surface area contributed by atoms with Gasteiger partial charge in [0.05, 0.1) is 37.6 Å². The Hall–Kier alpha value is -0.160. The summed E-state index contributed by atoms with van der Waals surface area (Å²) in [6, 6.07) is 0. The van der Waals surface area contributed by atoms with Crippen molar-refractivity contribution in [2.75, 3.05) is 13.2 Å². The largest absolute Gasteiger partial charge is 0.394 e. The molecule has 4 heteroatoms. The smallest absolute Gasteiger partial charge is 0.0779 e. The van der Waals surface area contributed by atoms with Gasteiger partial charge in [-0.05, 0) is 46.0 Å². The van der Waals surface area contributed by atoms with Crippen LogP contribution in [0.25, 0.3) is 0 Å². The van der Waals surface area contributed by atoms with Gasteiger partial charge in [0.1, 0.15) is 0 Å². The van der Waals surface area contributed by atoms with Crippen molar-refractivity contribution in [1.29, 1.82) is 0 Å². The fourth-order valence-electron chi connectivity index (χ4n) is 2.16. The van der Waals surface area contributed by atoms with E-state index in [-0.39, 0.29) is 12.7 Å². The molecule has 0 heterocycles. The van der Waals surface area contributed by atoms with E-state index in [0.717, 1.165) is 0 Å². The van der Waals surface area contributed by atoms with Gasteiger partial charge in [-0.3, -0.25) is 0 Å². The molecule has 0 aromatic heterocycles. The molecule has 2 unspecified atom stereocenters. The first-order valence-electron chi connectivity index (χ1n) is 7.67. The van der Waals surface area contributed by atoms with Crippen LogP contribution in [0, 0.1) is 0 Å². The molecular weight excluding hydrogens is 244 g/mol. The predicted octanol–water partition coefficient (Wildman–Crippen LogP) is 2.26. The average Bonchev–Trinajstić information content (AvgIpc) is 2.84. The molecule has 2 atom stereocenters. The normalized spacial score (nSPS) is 23.4. The van der Waals surface area contributed by atoms with Crippen molar-refractivity contribution in [3.8, 4) is 0 Å². The van der Waals surface area contributed by atoms with Crippen molar-refractivity contribution in [1.82, 2.24) is 0 Å². The summed E-state index contributed by atoms with van der Waals surface area (Å²) in [5, 5.41) is 17.1. The highest BCUT2D eigenvalue weighted by Gasteiger charge is 2.24. The minimum Gasteiger partial charge on any atom is -0.394 e. The number of ether oxygens (including phenoxy) is 2. The summed E-state index contributed by atoms with van der Waals surface area (Å²) in [4.78, 5) is 0. The molecule has 114 valence electrons. The van der Waals surface area contributed by atoms with Gasteiger partial charge >= 0.3 is 0 Å². The summed E-state index contributed by atoms with van der Waals surface area (Å²) in [6.45, 7) is 3.70. The van der Waals surface area contributed by atoms with Crippen molar-refractivity contribution < 1.29 is 19.7 Å². The zero-order valence-electron chi connectivity index (χ0n) is 12.4. The number of hydrogen-bond acceptors (Lipinski definition) is 4. The van der Waals surface area contributed by atoms with Gasteiger partial charge in [0.2, 0.25) is 0 Å². The molecule has 2 aliphatic carbocycles. The fourth-order valence-corrected chi connectivity index (χ4v) is 2.16. The van der Waals surface area contributed by atoms with E-state index in [1.807, 2.05) is 0 Å². The van der Waals surface area contributed by atoms with Gasteiger partial charge in [0, 0.05) is 0 Å². The molecule has 0 saturated heterocycles. The van der Waals surface area contributed by atoms with Crippen LogP contribution in [0.3, 0.4) is 0 Å². The molecule has 0 radical (unpaired) electrons. The van der Waals surface area contributed by atoms with Crippen molar-refractivity contribution >= 4 is 0 Å². The van der Waals surface area contributed by atoms with Crippen molar-refractivity contribution in [3.63, 3.8) is 0 Å². The standard InChI is InChI=1S/C9H16O.C6H14O3/c1-2-5-8(4-1)10-9-6-3-7-9;1-5(8)4-9-6(2)3-7/h8-9H,1-7H2;5-8H,3-4H2,1-2H3. The lowest BCUT2D eigenvalue weighted by atomic mass is 9.96. The highest BCUT2D eigenvalue weighted by atomic mass is 16.5. The summed E-state index contributed by atoms with van der Waals surface area (Å²) >= 11 is 0. The molecule has 2 aliphatic rings. The van der Waals surface area contributed by atoms with Crippen LogP contribution in [-0.4, -0.2) is 47.8 Å². The molecule has 4 nitrogen and oxygen atoms in total. The maximum absolute atomic E-state index is 8.69. The maximum atomic E-state index is 8.69. The molecule has 0 amide bonds. The van der Waals surface area contributed by atoms with Gasteiger partial charge in [0.25, 0.3) is 0 Å². The second kappa shape index (κ2) is 9.70. The summed E-state index contributed by atoms with van der Waals surface area (Å²) in [5.41, 5.74) is 0. The van der Waals surface area contributed by atoms with E-state index in [2.05, 4.69) is 0 Å². The molecule has 0 aromatic carbocycles. The third-order valence-corrected chi connectivity index (χ3v) is 3.62. The van der Waals surface area contributed by atoms with Crippen molar-refractivity contribution in [3.05, 3.63) is 0 Å². The zero-order valence-corrected chi connectivity index (χ0v) is 12.4. The number of hydrogen-bond donors (Lipinski definition) is 2. The van der Waals surface area contributed by atoms with Gasteiger partial charge in [-0.15, -0.1) is 0 Å². The van der Waals surface area contributed by atoms with Gasteiger partial charge < -0.3 is 19.7 Å². The Kier molecular flexibility index (Phi) is 8.62. The first kappa shape index (κ1) is 16.9. The Labute approximate surface area is 117 Å². The van der Waals surface area contributed by atoms with Gasteiger partial charge in [-0.1, -0.05) is 12.8 Å². The fraction of sp³-hybridized carbons (Fsp3) is 1.00. The maximum Gasteiger partial charge on any atom is 0.0779 e. The Bertz CT molecular complexity index is 210. The third-order valence-electron chi connectivity index (χ3n) is 3.62. The number of aliphatic hydroxyl groups excluding tert-OH is 2. The van der Waals surface area contributed by atoms with Crippen LogP contribution < -0.4 is 0 Å². The topological polar surface area (TPSA) is 58.9 Å². The van der Waals surface area contributed by atoms with E-state index >= 15 is 0 Å². The van der Waals surface area contributed by atoms with E-state index in [1.165, 1.54) is 44.9 Å². The molecule has 2 N–H and O–H groups in total. The van der Waals surface area contributed by atoms with Crippen LogP contribution in [-0.2, 0) is 9.47 Å². The van der Waals surface area contributed by atoms with E-state index in [0.29, 0.717) is 18.8 Å². The van der Waals surface area contributed by atoms with Crippen molar-refractivity contribution in [2.24, 2.45) is 0 Å². The lowest BCUT2D eigenvalue weighted by Gasteiger charge is -2.28. The number of aliphatic hydroxyl groups is 2. The molecule has 19 heavy (non-hydrogen) atoms. The van der Waals surface area contributed by atoms with Crippen molar-refractivity contribution in [2.45, 2.75) is 83.2 Å². The highest BCUT2D eigenvalue weighted by molar-refractivity contribution is 4.74. The van der Waals surface area contributed by atoms with E-state index in [4.69, 9.17) is 19.7 Å². The summed E-state index contributed by atoms with van der Waals surface area (Å²) in [5.74, 6) is 0. The molecule has 2 rings (SSSR count). The van der Waals surface area contributed by atoms with Crippen LogP contribution in [0.15, 0.2) is 0 Å². The average molecular weight is 274 g/mol. The molecule has 0 bridgehead atoms. The van der Waals surface area contributed by atoms with Gasteiger partial charge in [-0.25, -0.2) is 0 Å². The SMILES string of the molecule is C1CCC(OC2CCC2)C1.CC(O)COC(C)CO. The first-order chi connectivity index (χ1) is 9.11. The molecule has 2 fully saturated rings. The molecule has 2 saturated carbocycles. The van der Waals surface area contributed by atoms with Gasteiger partial charge in [-0.2, -0.15) is 0 Å². The minimum atomic E-state index is -0.445. The van der Waals surface area contributed by atoms with Crippen LogP contribution >= 0.6 is 0 Å². The number of rotatable bonds is 6. The van der Waals surface area contributed by atoms with E-state index in [9.17, 15) is 0 Å². The lowest BCUT2D eigenvalue weighted by molar-refractivity contribution is -0.0474.